The molecule has 5 aliphatic rings. The van der Waals surface area contributed by atoms with Crippen molar-refractivity contribution in [2.75, 3.05) is 0 Å². The first kappa shape index (κ1) is 16.5. The minimum Gasteiger partial charge on any atom is -0.294 e. The van der Waals surface area contributed by atoms with E-state index < -0.39 is 0 Å². The first-order chi connectivity index (χ1) is 13.6. The van der Waals surface area contributed by atoms with Gasteiger partial charge in [-0.25, -0.2) is 0 Å². The van der Waals surface area contributed by atoms with Crippen LogP contribution in [0.3, 0.4) is 0 Å². The van der Waals surface area contributed by atoms with Gasteiger partial charge in [0.2, 0.25) is 0 Å². The van der Waals surface area contributed by atoms with Gasteiger partial charge in [-0.3, -0.25) is 4.79 Å². The Hall–Kier alpha value is -2.41. The molecule has 0 amide bonds. The van der Waals surface area contributed by atoms with Crippen LogP contribution in [0.2, 0.25) is 0 Å². The number of hydrogen-bond donors (Lipinski definition) is 0. The Kier molecular flexibility index (Phi) is 3.16. The molecule has 0 spiro atoms. The summed E-state index contributed by atoms with van der Waals surface area (Å²) in [5.41, 5.74) is 4.18. The Bertz CT molecular complexity index is 1030. The first-order valence-electron chi connectivity index (χ1n) is 10.7. The lowest BCUT2D eigenvalue weighted by Crippen LogP contribution is -2.66. The van der Waals surface area contributed by atoms with Crippen LogP contribution < -0.4 is 0 Å². The van der Waals surface area contributed by atoms with Crippen molar-refractivity contribution in [3.05, 3.63) is 89.5 Å². The largest absolute Gasteiger partial charge is 0.294 e. The van der Waals surface area contributed by atoms with Crippen LogP contribution in [0.4, 0.5) is 0 Å². The molecular formula is C27H26O. The highest BCUT2D eigenvalue weighted by molar-refractivity contribution is 6.15. The molecule has 0 aliphatic heterocycles. The standard InChI is InChI=1S/C27H26O/c1-17-24(18-9-5-3-6-10-18)27(19-11-7-4-8-12-19)23-16-15-22(20-13-14-21(20)23)26(27,2)25(17)28/h3-12,15-16,20-23H,13-14H2,1-2H3/t20-,21-,22+,23+,26+,27+/m1/s1. The molecule has 1 heteroatoms. The van der Waals surface area contributed by atoms with Crippen LogP contribution in [0.25, 0.3) is 5.57 Å². The zero-order valence-corrected chi connectivity index (χ0v) is 16.6. The van der Waals surface area contributed by atoms with E-state index >= 15 is 0 Å². The Balaban J connectivity index is 1.73. The van der Waals surface area contributed by atoms with E-state index in [1.165, 1.54) is 29.5 Å². The van der Waals surface area contributed by atoms with Crippen molar-refractivity contribution in [1.29, 1.82) is 0 Å². The molecule has 0 saturated heterocycles. The van der Waals surface area contributed by atoms with E-state index in [4.69, 9.17) is 0 Å². The van der Waals surface area contributed by atoms with Gasteiger partial charge < -0.3 is 0 Å². The first-order valence-corrected chi connectivity index (χ1v) is 10.7. The summed E-state index contributed by atoms with van der Waals surface area (Å²) in [6.45, 7) is 4.37. The smallest absolute Gasteiger partial charge is 0.166 e. The average Bonchev–Trinajstić information content (AvgIpc) is 2.90. The number of carbonyl (C=O) groups excluding carboxylic acids is 1. The van der Waals surface area contributed by atoms with E-state index in [9.17, 15) is 4.79 Å². The summed E-state index contributed by atoms with van der Waals surface area (Å²) in [6, 6.07) is 21.6. The van der Waals surface area contributed by atoms with Gasteiger partial charge in [0.15, 0.2) is 5.78 Å². The Morgan fingerprint density at radius 3 is 2.04 bits per heavy atom. The number of allylic oxidation sites excluding steroid dienone is 4. The van der Waals surface area contributed by atoms with Gasteiger partial charge in [-0.2, -0.15) is 0 Å². The Morgan fingerprint density at radius 1 is 0.821 bits per heavy atom. The second-order valence-corrected chi connectivity index (χ2v) is 9.41. The maximum absolute atomic E-state index is 14.0. The molecule has 2 saturated carbocycles. The summed E-state index contributed by atoms with van der Waals surface area (Å²) < 4.78 is 0. The quantitative estimate of drug-likeness (QED) is 0.611. The lowest BCUT2D eigenvalue weighted by molar-refractivity contribution is -0.146. The van der Waals surface area contributed by atoms with Gasteiger partial charge >= 0.3 is 0 Å². The Labute approximate surface area is 167 Å². The fourth-order valence-corrected chi connectivity index (χ4v) is 7.61. The van der Waals surface area contributed by atoms with Crippen LogP contribution in [-0.4, -0.2) is 5.78 Å². The van der Waals surface area contributed by atoms with Gasteiger partial charge in [0.25, 0.3) is 0 Å². The second kappa shape index (κ2) is 5.35. The van der Waals surface area contributed by atoms with Crippen molar-refractivity contribution < 1.29 is 4.79 Å². The molecule has 140 valence electrons. The van der Waals surface area contributed by atoms with Crippen LogP contribution in [0.5, 0.6) is 0 Å². The van der Waals surface area contributed by atoms with E-state index in [1.807, 2.05) is 0 Å². The fraction of sp³-hybridized carbons (Fsp3) is 0.370. The van der Waals surface area contributed by atoms with Crippen molar-refractivity contribution in [3.8, 4) is 0 Å². The molecule has 2 aromatic carbocycles. The van der Waals surface area contributed by atoms with Gasteiger partial charge in [0, 0.05) is 5.41 Å². The van der Waals surface area contributed by atoms with Gasteiger partial charge in [0.05, 0.1) is 5.41 Å². The van der Waals surface area contributed by atoms with Gasteiger partial charge in [-0.05, 0) is 65.7 Å². The molecule has 2 aromatic rings. The van der Waals surface area contributed by atoms with Crippen LogP contribution in [0.1, 0.15) is 37.8 Å². The molecule has 6 atom stereocenters. The molecule has 0 aromatic heterocycles. The normalized spacial score (nSPS) is 40.3. The summed E-state index contributed by atoms with van der Waals surface area (Å²) in [5.74, 6) is 2.52. The van der Waals surface area contributed by atoms with Gasteiger partial charge in [-0.1, -0.05) is 79.7 Å². The van der Waals surface area contributed by atoms with E-state index in [0.717, 1.165) is 5.57 Å². The summed E-state index contributed by atoms with van der Waals surface area (Å²) in [6.07, 6.45) is 7.47. The third kappa shape index (κ3) is 1.61. The molecule has 5 aliphatic carbocycles. The summed E-state index contributed by atoms with van der Waals surface area (Å²) >= 11 is 0. The SMILES string of the molecule is CC1=C(c2ccccc2)[C@]2(c3ccccc3)[C@H]3C=C[C@@H]([C@@H]4CC[C@H]43)[C@@]2(C)C1=O. The molecule has 0 N–H and O–H groups in total. The van der Waals surface area contributed by atoms with Crippen molar-refractivity contribution in [2.45, 2.75) is 32.1 Å². The van der Waals surface area contributed by atoms with Crippen molar-refractivity contribution in [2.24, 2.45) is 29.1 Å². The third-order valence-corrected chi connectivity index (χ3v) is 8.69. The van der Waals surface area contributed by atoms with Crippen molar-refractivity contribution in [1.82, 2.24) is 0 Å². The van der Waals surface area contributed by atoms with Crippen molar-refractivity contribution in [3.63, 3.8) is 0 Å². The highest BCUT2D eigenvalue weighted by atomic mass is 16.1. The molecule has 2 bridgehead atoms. The van der Waals surface area contributed by atoms with E-state index in [2.05, 4.69) is 86.7 Å². The van der Waals surface area contributed by atoms with Crippen LogP contribution in [0.15, 0.2) is 78.4 Å². The molecule has 2 fully saturated rings. The number of benzene rings is 2. The minimum atomic E-state index is -0.384. The predicted molar refractivity (Wildman–Crippen MR) is 113 cm³/mol. The molecule has 0 heterocycles. The zero-order chi connectivity index (χ0) is 19.1. The molecule has 1 nitrogen and oxygen atoms in total. The molecule has 28 heavy (non-hydrogen) atoms. The number of carbonyl (C=O) groups is 1. The maximum Gasteiger partial charge on any atom is 0.166 e. The Morgan fingerprint density at radius 2 is 1.39 bits per heavy atom. The second-order valence-electron chi connectivity index (χ2n) is 9.41. The molecule has 0 unspecified atom stereocenters. The van der Waals surface area contributed by atoms with Crippen LogP contribution in [0, 0.1) is 29.1 Å². The fourth-order valence-electron chi connectivity index (χ4n) is 7.61. The van der Waals surface area contributed by atoms with Gasteiger partial charge in [0.1, 0.15) is 0 Å². The number of hydrogen-bond acceptors (Lipinski definition) is 1. The zero-order valence-electron chi connectivity index (χ0n) is 16.6. The minimum absolute atomic E-state index is 0.252. The third-order valence-electron chi connectivity index (χ3n) is 8.69. The number of ketones is 1. The number of rotatable bonds is 2. The summed E-state index contributed by atoms with van der Waals surface area (Å²) in [5, 5.41) is 0. The molecule has 0 radical (unpaired) electrons. The molecule has 7 rings (SSSR count). The predicted octanol–water partition coefficient (Wildman–Crippen LogP) is 5.83. The molecular weight excluding hydrogens is 340 g/mol. The highest BCUT2D eigenvalue weighted by Gasteiger charge is 2.74. The number of Topliss-reactive ketones (excluding diaryl/α,β-unsaturated/α-hetero) is 1. The lowest BCUT2D eigenvalue weighted by Gasteiger charge is -2.67. The summed E-state index contributed by atoms with van der Waals surface area (Å²) in [4.78, 5) is 14.0. The van der Waals surface area contributed by atoms with E-state index in [1.54, 1.807) is 0 Å². The summed E-state index contributed by atoms with van der Waals surface area (Å²) in [7, 11) is 0. The van der Waals surface area contributed by atoms with E-state index in [0.29, 0.717) is 29.5 Å². The maximum atomic E-state index is 14.0. The lowest BCUT2D eigenvalue weighted by atomic mass is 9.34. The van der Waals surface area contributed by atoms with E-state index in [-0.39, 0.29) is 10.8 Å². The van der Waals surface area contributed by atoms with Gasteiger partial charge in [-0.15, -0.1) is 0 Å². The van der Waals surface area contributed by atoms with Crippen molar-refractivity contribution >= 4 is 11.4 Å². The topological polar surface area (TPSA) is 17.1 Å². The monoisotopic (exact) mass is 366 g/mol. The highest BCUT2D eigenvalue weighted by Crippen LogP contribution is 2.76. The average molecular weight is 367 g/mol. The van der Waals surface area contributed by atoms with Crippen LogP contribution >= 0.6 is 0 Å². The van der Waals surface area contributed by atoms with Crippen LogP contribution in [-0.2, 0) is 10.2 Å².